The molecule has 60 heavy (non-hydrogen) atoms. The maximum absolute atomic E-state index is 14.7. The number of imide groups is 2. The Bertz CT molecular complexity index is 2620. The van der Waals surface area contributed by atoms with Gasteiger partial charge in [0.2, 0.25) is 5.52 Å². The van der Waals surface area contributed by atoms with E-state index < -0.39 is 8.30 Å². The number of carbonyl (C=O) groups is 5. The van der Waals surface area contributed by atoms with Crippen molar-refractivity contribution in [3.05, 3.63) is 58.7 Å². The van der Waals surface area contributed by atoms with Crippen LogP contribution in [0.5, 0.6) is 0 Å². The minimum absolute atomic E-state index is 0.0259. The monoisotopic (exact) mass is 830 g/mol. The fourth-order valence-electron chi connectivity index (χ4n) is 10.1. The van der Waals surface area contributed by atoms with Crippen LogP contribution in [0.15, 0.2) is 41.4 Å². The SMILES string of the molecule is C=NCC(=O)P(OCCOCCN1C(=O)c2ccc3c4c(N5CCCC5)cc5c6c(ccc(c7c(N8CCCC8)cc(c2c37)C1=O)c64)C(=O)N(C)C5=O)N(C(C)C)C(C)C. The summed E-state index contributed by atoms with van der Waals surface area (Å²) >= 11 is 0. The molecule has 1 atom stereocenters. The van der Waals surface area contributed by atoms with Gasteiger partial charge in [-0.15, -0.1) is 0 Å². The Kier molecular flexibility index (Phi) is 10.6. The maximum atomic E-state index is 14.7. The average molecular weight is 831 g/mol. The predicted octanol–water partition coefficient (Wildman–Crippen LogP) is 7.45. The molecule has 0 radical (unpaired) electrons. The van der Waals surface area contributed by atoms with Gasteiger partial charge in [0.05, 0.1) is 37.5 Å². The van der Waals surface area contributed by atoms with Gasteiger partial charge in [-0.2, -0.15) is 0 Å². The molecule has 2 saturated heterocycles. The number of aliphatic imine (C=N–C) groups is 1. The van der Waals surface area contributed by atoms with E-state index in [2.05, 4.69) is 26.2 Å². The van der Waals surface area contributed by atoms with E-state index in [1.54, 1.807) is 7.05 Å². The van der Waals surface area contributed by atoms with Crippen LogP contribution in [-0.4, -0.2) is 129 Å². The number of hydrogen-bond acceptors (Lipinski definition) is 11. The van der Waals surface area contributed by atoms with Crippen LogP contribution in [-0.2, 0) is 14.1 Å². The largest absolute Gasteiger partial charge is 0.377 e. The Morgan fingerprint density at radius 1 is 0.683 bits per heavy atom. The zero-order valence-electron chi connectivity index (χ0n) is 35.0. The molecule has 5 aromatic rings. The Hall–Kier alpha value is -5.07. The summed E-state index contributed by atoms with van der Waals surface area (Å²) in [5.41, 5.74) is 3.68. The summed E-state index contributed by atoms with van der Waals surface area (Å²) in [5.74, 6) is -1.40. The van der Waals surface area contributed by atoms with Crippen LogP contribution in [0, 0.1) is 0 Å². The topological polar surface area (TPSA) is 132 Å². The third-order valence-corrected chi connectivity index (χ3v) is 14.9. The van der Waals surface area contributed by atoms with Crippen molar-refractivity contribution in [2.45, 2.75) is 65.5 Å². The van der Waals surface area contributed by atoms with Crippen LogP contribution in [0.4, 0.5) is 11.4 Å². The van der Waals surface area contributed by atoms with Crippen molar-refractivity contribution >= 4 is 98.6 Å². The fourth-order valence-corrected chi connectivity index (χ4v) is 11.9. The molecule has 4 heterocycles. The first-order chi connectivity index (χ1) is 28.9. The molecule has 0 aliphatic carbocycles. The first-order valence-electron chi connectivity index (χ1n) is 21.2. The second kappa shape index (κ2) is 15.8. The van der Waals surface area contributed by atoms with E-state index in [0.29, 0.717) is 33.0 Å². The number of nitrogens with zero attached hydrogens (tertiary/aromatic N) is 6. The van der Waals surface area contributed by atoms with Crippen molar-refractivity contribution in [1.82, 2.24) is 14.5 Å². The molecule has 312 valence electrons. The number of rotatable bonds is 15. The van der Waals surface area contributed by atoms with Gasteiger partial charge in [-0.3, -0.25) is 38.8 Å². The molecule has 13 nitrogen and oxygen atoms in total. The highest BCUT2D eigenvalue weighted by Gasteiger charge is 2.39. The molecule has 9 rings (SSSR count). The Morgan fingerprint density at radius 2 is 1.17 bits per heavy atom. The lowest BCUT2D eigenvalue weighted by atomic mass is 9.80. The Morgan fingerprint density at radius 3 is 1.68 bits per heavy atom. The van der Waals surface area contributed by atoms with Crippen molar-refractivity contribution < 1.29 is 33.2 Å². The van der Waals surface area contributed by atoms with Crippen molar-refractivity contribution in [2.24, 2.45) is 4.99 Å². The lowest BCUT2D eigenvalue weighted by Gasteiger charge is -2.35. The normalized spacial score (nSPS) is 17.5. The molecule has 4 amide bonds. The van der Waals surface area contributed by atoms with Crippen molar-refractivity contribution in [3.8, 4) is 0 Å². The maximum Gasteiger partial charge on any atom is 0.261 e. The highest BCUT2D eigenvalue weighted by molar-refractivity contribution is 7.68. The second-order valence-electron chi connectivity index (χ2n) is 16.8. The standard InChI is InChI=1S/C46H51N6O7P/c1-26(2)52(27(3)4)60(36(53)25-47-5)59-22-21-58-20-19-51-45(56)31-14-12-29-39-34(49-15-7-8-16-49)23-32-37-30(43(54)48(6)44(32)55)13-11-28(41(37)39)40-35(50-17-9-10-18-50)24-33(46(51)57)38(31)42(29)40/h11-14,23-24,26-27H,5,7-10,15-22,25H2,1-4,6H3. The van der Waals surface area contributed by atoms with E-state index in [4.69, 9.17) is 9.26 Å². The molecule has 4 aliphatic heterocycles. The molecular weight excluding hydrogens is 780 g/mol. The van der Waals surface area contributed by atoms with Gasteiger partial charge in [-0.1, -0.05) is 12.1 Å². The summed E-state index contributed by atoms with van der Waals surface area (Å²) in [5, 5.41) is 6.72. The van der Waals surface area contributed by atoms with Crippen molar-refractivity contribution in [3.63, 3.8) is 0 Å². The first kappa shape index (κ1) is 40.3. The van der Waals surface area contributed by atoms with E-state index in [-0.39, 0.29) is 74.1 Å². The van der Waals surface area contributed by atoms with Gasteiger partial charge >= 0.3 is 0 Å². The average Bonchev–Trinajstić information content (AvgIpc) is 3.98. The van der Waals surface area contributed by atoms with Gasteiger partial charge < -0.3 is 19.1 Å². The summed E-state index contributed by atoms with van der Waals surface area (Å²) in [7, 11) is -0.0471. The number of anilines is 2. The predicted molar refractivity (Wildman–Crippen MR) is 238 cm³/mol. The summed E-state index contributed by atoms with van der Waals surface area (Å²) in [6.45, 7) is 15.3. The number of benzene rings is 5. The molecule has 0 saturated carbocycles. The molecular formula is C46H51N6O7P. The molecule has 5 aromatic carbocycles. The zero-order chi connectivity index (χ0) is 42.1. The van der Waals surface area contributed by atoms with Gasteiger partial charge in [-0.25, -0.2) is 4.67 Å². The summed E-state index contributed by atoms with van der Waals surface area (Å²) in [6, 6.07) is 11.8. The third kappa shape index (κ3) is 6.27. The van der Waals surface area contributed by atoms with Crippen LogP contribution in [0.2, 0.25) is 0 Å². The van der Waals surface area contributed by atoms with Crippen LogP contribution < -0.4 is 9.80 Å². The van der Waals surface area contributed by atoms with Gasteiger partial charge in [-0.05, 0) is 95.1 Å². The quantitative estimate of drug-likeness (QED) is 0.0262. The number of hydrogen-bond donors (Lipinski definition) is 0. The lowest BCUT2D eigenvalue weighted by molar-refractivity contribution is -0.111. The van der Waals surface area contributed by atoms with Gasteiger partial charge in [0.15, 0.2) is 8.30 Å². The van der Waals surface area contributed by atoms with Gasteiger partial charge in [0.25, 0.3) is 23.6 Å². The lowest BCUT2D eigenvalue weighted by Crippen LogP contribution is -2.42. The van der Waals surface area contributed by atoms with E-state index in [1.165, 1.54) is 9.80 Å². The molecule has 0 bridgehead atoms. The Labute approximate surface area is 350 Å². The molecule has 0 N–H and O–H groups in total. The van der Waals surface area contributed by atoms with Gasteiger partial charge in [0.1, 0.15) is 6.54 Å². The number of ether oxygens (including phenoxy) is 1. The van der Waals surface area contributed by atoms with E-state index in [9.17, 15) is 24.0 Å². The van der Waals surface area contributed by atoms with Crippen LogP contribution in [0.1, 0.15) is 94.8 Å². The first-order valence-corrected chi connectivity index (χ1v) is 22.4. The molecule has 4 aliphatic rings. The number of carbonyl (C=O) groups excluding carboxylic acids is 5. The van der Waals surface area contributed by atoms with Crippen LogP contribution in [0.25, 0.3) is 43.1 Å². The smallest absolute Gasteiger partial charge is 0.261 e. The van der Waals surface area contributed by atoms with Crippen LogP contribution >= 0.6 is 8.30 Å². The van der Waals surface area contributed by atoms with Gasteiger partial charge in [0, 0.05) is 100 Å². The summed E-state index contributed by atoms with van der Waals surface area (Å²) < 4.78 is 14.1. The van der Waals surface area contributed by atoms with Crippen LogP contribution in [0.3, 0.4) is 0 Å². The van der Waals surface area contributed by atoms with Crippen molar-refractivity contribution in [2.75, 3.05) is 75.9 Å². The van der Waals surface area contributed by atoms with Crippen molar-refractivity contribution in [1.29, 1.82) is 0 Å². The number of fused-ring (bicyclic) bond motifs is 2. The highest BCUT2D eigenvalue weighted by atomic mass is 31.2. The molecule has 2 fully saturated rings. The van der Waals surface area contributed by atoms with E-state index >= 15 is 0 Å². The highest BCUT2D eigenvalue weighted by Crippen LogP contribution is 2.52. The third-order valence-electron chi connectivity index (χ3n) is 12.6. The molecule has 1 unspecified atom stereocenters. The summed E-state index contributed by atoms with van der Waals surface area (Å²) in [6.07, 6.45) is 4.08. The van der Waals surface area contributed by atoms with E-state index in [0.717, 1.165) is 95.6 Å². The minimum atomic E-state index is -1.59. The Balaban J connectivity index is 1.11. The zero-order valence-corrected chi connectivity index (χ0v) is 35.9. The fraction of sp³-hybridized carbons (Fsp3) is 0.435. The molecule has 0 spiro atoms. The minimum Gasteiger partial charge on any atom is -0.377 e. The second-order valence-corrected chi connectivity index (χ2v) is 18.6. The summed E-state index contributed by atoms with van der Waals surface area (Å²) in [4.78, 5) is 80.6. The molecule has 14 heteroatoms. The number of amides is 4. The van der Waals surface area contributed by atoms with E-state index in [1.807, 2.05) is 64.1 Å². The molecule has 0 aromatic heterocycles.